The number of ketones is 1. The van der Waals surface area contributed by atoms with Crippen LogP contribution in [-0.2, 0) is 5.75 Å². The molecule has 0 aliphatic heterocycles. The highest BCUT2D eigenvalue weighted by molar-refractivity contribution is 7.99. The summed E-state index contributed by atoms with van der Waals surface area (Å²) in [7, 11) is 0. The first-order chi connectivity index (χ1) is 6.63. The van der Waals surface area contributed by atoms with Crippen LogP contribution in [0.4, 0.5) is 0 Å². The van der Waals surface area contributed by atoms with Gasteiger partial charge in [0.1, 0.15) is 5.76 Å². The maximum atomic E-state index is 11.2. The van der Waals surface area contributed by atoms with Crippen molar-refractivity contribution in [3.8, 4) is 0 Å². The van der Waals surface area contributed by atoms with E-state index in [2.05, 4.69) is 18.8 Å². The van der Waals surface area contributed by atoms with Gasteiger partial charge in [0, 0.05) is 6.42 Å². The number of carbonyl (C=O) groups excluding carboxylic acids is 1. The zero-order valence-corrected chi connectivity index (χ0v) is 9.56. The standard InChI is InChI=1S/C10H15NO2S/c1-4-9(12)10-11-5-8(13-10)6-14-7(2)3/h5,7H,4,6H2,1-3H3. The van der Waals surface area contributed by atoms with Crippen LogP contribution in [0.1, 0.15) is 43.6 Å². The number of carbonyl (C=O) groups is 1. The number of rotatable bonds is 5. The third-order valence-corrected chi connectivity index (χ3v) is 2.79. The van der Waals surface area contributed by atoms with E-state index in [0.717, 1.165) is 11.5 Å². The van der Waals surface area contributed by atoms with Gasteiger partial charge in [-0.25, -0.2) is 4.98 Å². The van der Waals surface area contributed by atoms with Crippen LogP contribution in [0.25, 0.3) is 0 Å². The molecular weight excluding hydrogens is 198 g/mol. The fourth-order valence-electron chi connectivity index (χ4n) is 0.903. The Morgan fingerprint density at radius 2 is 2.36 bits per heavy atom. The van der Waals surface area contributed by atoms with E-state index >= 15 is 0 Å². The highest BCUT2D eigenvalue weighted by Gasteiger charge is 2.10. The zero-order valence-electron chi connectivity index (χ0n) is 8.74. The third kappa shape index (κ3) is 3.18. The molecule has 1 heterocycles. The van der Waals surface area contributed by atoms with Crippen molar-refractivity contribution in [2.75, 3.05) is 0 Å². The SMILES string of the molecule is CCC(=O)c1ncc(CSC(C)C)o1. The van der Waals surface area contributed by atoms with E-state index in [-0.39, 0.29) is 11.7 Å². The first kappa shape index (κ1) is 11.3. The van der Waals surface area contributed by atoms with Crippen molar-refractivity contribution in [2.24, 2.45) is 0 Å². The second-order valence-electron chi connectivity index (χ2n) is 3.27. The molecule has 78 valence electrons. The van der Waals surface area contributed by atoms with Gasteiger partial charge in [0.25, 0.3) is 5.89 Å². The second-order valence-corrected chi connectivity index (χ2v) is 4.83. The molecule has 4 heteroatoms. The molecule has 0 saturated heterocycles. The quantitative estimate of drug-likeness (QED) is 0.705. The van der Waals surface area contributed by atoms with Gasteiger partial charge in [0.05, 0.1) is 11.9 Å². The van der Waals surface area contributed by atoms with Crippen LogP contribution < -0.4 is 0 Å². The van der Waals surface area contributed by atoms with Crippen LogP contribution >= 0.6 is 11.8 Å². The molecule has 1 aromatic heterocycles. The molecule has 0 amide bonds. The Morgan fingerprint density at radius 1 is 1.64 bits per heavy atom. The molecular formula is C10H15NO2S. The van der Waals surface area contributed by atoms with Gasteiger partial charge in [-0.1, -0.05) is 20.8 Å². The Morgan fingerprint density at radius 3 is 2.93 bits per heavy atom. The summed E-state index contributed by atoms with van der Waals surface area (Å²) in [5.41, 5.74) is 0. The van der Waals surface area contributed by atoms with Crippen LogP contribution in [0.15, 0.2) is 10.6 Å². The summed E-state index contributed by atoms with van der Waals surface area (Å²) in [6.45, 7) is 6.05. The van der Waals surface area contributed by atoms with Gasteiger partial charge < -0.3 is 4.42 Å². The molecule has 0 fully saturated rings. The van der Waals surface area contributed by atoms with Crippen LogP contribution in [0, 0.1) is 0 Å². The van der Waals surface area contributed by atoms with Gasteiger partial charge in [-0.05, 0) is 5.25 Å². The summed E-state index contributed by atoms with van der Waals surface area (Å²) in [6, 6.07) is 0. The number of oxazole rings is 1. The Balaban J connectivity index is 2.55. The summed E-state index contributed by atoms with van der Waals surface area (Å²) in [5.74, 6) is 1.76. The minimum absolute atomic E-state index is 0.0363. The third-order valence-electron chi connectivity index (χ3n) is 1.67. The molecule has 0 aliphatic rings. The van der Waals surface area contributed by atoms with Gasteiger partial charge in [0.2, 0.25) is 5.78 Å². The average molecular weight is 213 g/mol. The fourth-order valence-corrected chi connectivity index (χ4v) is 1.53. The Kier molecular flexibility index (Phi) is 4.20. The summed E-state index contributed by atoms with van der Waals surface area (Å²) in [6.07, 6.45) is 2.08. The molecule has 1 aromatic rings. The number of nitrogens with zero attached hydrogens (tertiary/aromatic N) is 1. The number of Topliss-reactive ketones (excluding diaryl/α,β-unsaturated/α-hetero) is 1. The predicted molar refractivity (Wildman–Crippen MR) is 57.6 cm³/mol. The van der Waals surface area contributed by atoms with Crippen molar-refractivity contribution < 1.29 is 9.21 Å². The highest BCUT2D eigenvalue weighted by atomic mass is 32.2. The molecule has 0 bridgehead atoms. The molecule has 0 aromatic carbocycles. The Bertz CT molecular complexity index is 307. The molecule has 14 heavy (non-hydrogen) atoms. The van der Waals surface area contributed by atoms with E-state index in [9.17, 15) is 4.79 Å². The van der Waals surface area contributed by atoms with E-state index in [0.29, 0.717) is 11.7 Å². The molecule has 0 unspecified atom stereocenters. The highest BCUT2D eigenvalue weighted by Crippen LogP contribution is 2.17. The van der Waals surface area contributed by atoms with Crippen molar-refractivity contribution in [2.45, 2.75) is 38.2 Å². The predicted octanol–water partition coefficient (Wildman–Crippen LogP) is 2.91. The van der Waals surface area contributed by atoms with E-state index in [1.807, 2.05) is 0 Å². The van der Waals surface area contributed by atoms with Crippen molar-refractivity contribution in [1.29, 1.82) is 0 Å². The number of aromatic nitrogens is 1. The minimum atomic E-state index is -0.0363. The van der Waals surface area contributed by atoms with Crippen molar-refractivity contribution >= 4 is 17.5 Å². The van der Waals surface area contributed by atoms with Gasteiger partial charge in [-0.3, -0.25) is 4.79 Å². The second kappa shape index (κ2) is 5.20. The summed E-state index contributed by atoms with van der Waals surface area (Å²) in [5, 5.41) is 0.561. The van der Waals surface area contributed by atoms with Crippen molar-refractivity contribution in [3.05, 3.63) is 17.8 Å². The Hall–Kier alpha value is -0.770. The van der Waals surface area contributed by atoms with Crippen molar-refractivity contribution in [3.63, 3.8) is 0 Å². The van der Waals surface area contributed by atoms with E-state index in [1.54, 1.807) is 24.9 Å². The maximum Gasteiger partial charge on any atom is 0.263 e. The first-order valence-corrected chi connectivity index (χ1v) is 5.77. The minimum Gasteiger partial charge on any atom is -0.438 e. The Labute approximate surface area is 88.3 Å². The summed E-state index contributed by atoms with van der Waals surface area (Å²) in [4.78, 5) is 15.1. The molecule has 0 saturated carbocycles. The zero-order chi connectivity index (χ0) is 10.6. The van der Waals surface area contributed by atoms with Crippen LogP contribution in [0.3, 0.4) is 0 Å². The largest absolute Gasteiger partial charge is 0.438 e. The van der Waals surface area contributed by atoms with Crippen LogP contribution in [0.2, 0.25) is 0 Å². The first-order valence-electron chi connectivity index (χ1n) is 4.73. The van der Waals surface area contributed by atoms with Crippen LogP contribution in [0.5, 0.6) is 0 Å². The fraction of sp³-hybridized carbons (Fsp3) is 0.600. The average Bonchev–Trinajstić information content (AvgIpc) is 2.62. The molecule has 1 rings (SSSR count). The summed E-state index contributed by atoms with van der Waals surface area (Å²) >= 11 is 1.77. The van der Waals surface area contributed by atoms with Crippen LogP contribution in [-0.4, -0.2) is 16.0 Å². The number of thioether (sulfide) groups is 1. The lowest BCUT2D eigenvalue weighted by molar-refractivity contribution is 0.0953. The number of hydrogen-bond donors (Lipinski definition) is 0. The van der Waals surface area contributed by atoms with Gasteiger partial charge in [-0.2, -0.15) is 11.8 Å². The summed E-state index contributed by atoms with van der Waals surface area (Å²) < 4.78 is 5.31. The molecule has 3 nitrogen and oxygen atoms in total. The van der Waals surface area contributed by atoms with E-state index in [1.165, 1.54) is 0 Å². The lowest BCUT2D eigenvalue weighted by atomic mass is 10.3. The molecule has 0 radical (unpaired) electrons. The van der Waals surface area contributed by atoms with E-state index in [4.69, 9.17) is 4.42 Å². The monoisotopic (exact) mass is 213 g/mol. The van der Waals surface area contributed by atoms with Crippen molar-refractivity contribution in [1.82, 2.24) is 4.98 Å². The lowest BCUT2D eigenvalue weighted by Gasteiger charge is -2.00. The topological polar surface area (TPSA) is 43.1 Å². The van der Waals surface area contributed by atoms with Gasteiger partial charge in [-0.15, -0.1) is 0 Å². The van der Waals surface area contributed by atoms with Gasteiger partial charge >= 0.3 is 0 Å². The maximum absolute atomic E-state index is 11.2. The van der Waals surface area contributed by atoms with E-state index < -0.39 is 0 Å². The lowest BCUT2D eigenvalue weighted by Crippen LogP contribution is -1.95. The molecule has 0 spiro atoms. The van der Waals surface area contributed by atoms with Gasteiger partial charge in [0.15, 0.2) is 0 Å². The smallest absolute Gasteiger partial charge is 0.263 e. The number of hydrogen-bond acceptors (Lipinski definition) is 4. The normalized spacial score (nSPS) is 10.9. The molecule has 0 aliphatic carbocycles. The molecule has 0 N–H and O–H groups in total. The molecule has 0 atom stereocenters.